The summed E-state index contributed by atoms with van der Waals surface area (Å²) < 4.78 is 28.8. The number of nitrogens with zero attached hydrogens (tertiary/aromatic N) is 3. The van der Waals surface area contributed by atoms with E-state index >= 15 is 0 Å². The first-order valence-corrected chi connectivity index (χ1v) is 10.3. The first kappa shape index (κ1) is 20.9. The van der Waals surface area contributed by atoms with Gasteiger partial charge < -0.3 is 15.2 Å². The van der Waals surface area contributed by atoms with Gasteiger partial charge >= 0.3 is 6.03 Å². The second kappa shape index (κ2) is 8.53. The molecule has 0 radical (unpaired) electrons. The Kier molecular flexibility index (Phi) is 6.61. The Labute approximate surface area is 160 Å². The van der Waals surface area contributed by atoms with E-state index in [0.717, 1.165) is 16.8 Å². The maximum Gasteiger partial charge on any atom is 0.319 e. The molecule has 0 aliphatic rings. The Morgan fingerprint density at radius 3 is 2.44 bits per heavy atom. The number of urea groups is 1. The van der Waals surface area contributed by atoms with Crippen molar-refractivity contribution in [3.63, 3.8) is 0 Å². The fourth-order valence-corrected chi connectivity index (χ4v) is 4.28. The largest absolute Gasteiger partial charge is 0.336 e. The summed E-state index contributed by atoms with van der Waals surface area (Å²) in [7, 11) is -1.76. The molecule has 148 valence electrons. The number of aryl methyl sites for hydroxylation is 2. The second-order valence-electron chi connectivity index (χ2n) is 6.31. The van der Waals surface area contributed by atoms with Crippen LogP contribution in [0.15, 0.2) is 29.6 Å². The molecule has 1 heterocycles. The van der Waals surface area contributed by atoms with Crippen molar-refractivity contribution in [1.82, 2.24) is 19.2 Å². The fourth-order valence-electron chi connectivity index (χ4n) is 2.71. The van der Waals surface area contributed by atoms with Crippen LogP contribution in [0.25, 0.3) is 0 Å². The topological polar surface area (TPSA) is 96.3 Å². The zero-order chi connectivity index (χ0) is 20.2. The molecule has 0 bridgehead atoms. The van der Waals surface area contributed by atoms with E-state index in [1.165, 1.54) is 10.4 Å². The molecule has 2 rings (SSSR count). The summed E-state index contributed by atoms with van der Waals surface area (Å²) in [6.45, 7) is 8.37. The minimum Gasteiger partial charge on any atom is -0.336 e. The number of aromatic nitrogens is 2. The Morgan fingerprint density at radius 1 is 1.22 bits per heavy atom. The van der Waals surface area contributed by atoms with E-state index in [2.05, 4.69) is 15.6 Å². The van der Waals surface area contributed by atoms with Crippen molar-refractivity contribution in [1.29, 1.82) is 0 Å². The van der Waals surface area contributed by atoms with Crippen LogP contribution < -0.4 is 10.6 Å². The molecule has 0 saturated carbocycles. The van der Waals surface area contributed by atoms with E-state index in [1.807, 2.05) is 25.5 Å². The number of nitrogens with one attached hydrogen (secondary N) is 2. The third kappa shape index (κ3) is 4.67. The Balaban J connectivity index is 2.22. The van der Waals surface area contributed by atoms with Gasteiger partial charge in [-0.1, -0.05) is 13.8 Å². The van der Waals surface area contributed by atoms with Crippen LogP contribution >= 0.6 is 0 Å². The number of benzene rings is 1. The van der Waals surface area contributed by atoms with Crippen molar-refractivity contribution in [3.8, 4) is 0 Å². The first-order chi connectivity index (χ1) is 12.7. The molecule has 0 aliphatic heterocycles. The highest BCUT2D eigenvalue weighted by molar-refractivity contribution is 7.89. The van der Waals surface area contributed by atoms with Crippen LogP contribution in [0, 0.1) is 13.8 Å². The molecule has 0 fully saturated rings. The van der Waals surface area contributed by atoms with Gasteiger partial charge in [-0.05, 0) is 37.1 Å². The van der Waals surface area contributed by atoms with E-state index in [4.69, 9.17) is 0 Å². The lowest BCUT2D eigenvalue weighted by atomic mass is 10.1. The zero-order valence-corrected chi connectivity index (χ0v) is 17.2. The summed E-state index contributed by atoms with van der Waals surface area (Å²) >= 11 is 0. The van der Waals surface area contributed by atoms with Crippen LogP contribution in [-0.2, 0) is 23.6 Å². The summed E-state index contributed by atoms with van der Waals surface area (Å²) in [4.78, 5) is 16.5. The standard InChI is InChI=1S/C18H27N5O3S/c1-6-23(7-2)27(25,26)16-8-13(3)14(4)17(9-16)21-18(24)20-11-15-10-19-12-22(15)5/h8-10,12H,6-7,11H2,1-5H3,(H2,20,21,24). The van der Waals surface area contributed by atoms with Crippen LogP contribution in [0.5, 0.6) is 0 Å². The van der Waals surface area contributed by atoms with Gasteiger partial charge in [0.2, 0.25) is 10.0 Å². The molecule has 0 spiro atoms. The second-order valence-corrected chi connectivity index (χ2v) is 8.24. The van der Waals surface area contributed by atoms with Gasteiger partial charge in [0.15, 0.2) is 0 Å². The number of amides is 2. The van der Waals surface area contributed by atoms with E-state index in [9.17, 15) is 13.2 Å². The van der Waals surface area contributed by atoms with Gasteiger partial charge in [-0.25, -0.2) is 18.2 Å². The van der Waals surface area contributed by atoms with Crippen molar-refractivity contribution in [3.05, 3.63) is 41.5 Å². The SMILES string of the molecule is CCN(CC)S(=O)(=O)c1cc(C)c(C)c(NC(=O)NCc2cncn2C)c1. The lowest BCUT2D eigenvalue weighted by Gasteiger charge is -2.20. The maximum absolute atomic E-state index is 12.8. The summed E-state index contributed by atoms with van der Waals surface area (Å²) in [5, 5.41) is 5.51. The lowest BCUT2D eigenvalue weighted by Crippen LogP contribution is -2.31. The summed E-state index contributed by atoms with van der Waals surface area (Å²) in [6, 6.07) is 2.75. The van der Waals surface area contributed by atoms with E-state index in [0.29, 0.717) is 25.3 Å². The molecule has 0 atom stereocenters. The van der Waals surface area contributed by atoms with E-state index in [1.54, 1.807) is 32.4 Å². The Hall–Kier alpha value is -2.39. The normalized spacial score (nSPS) is 11.6. The molecular formula is C18H27N5O3S. The number of carbonyl (C=O) groups is 1. The maximum atomic E-state index is 12.8. The minimum atomic E-state index is -3.60. The van der Waals surface area contributed by atoms with Gasteiger partial charge in [-0.3, -0.25) is 0 Å². The zero-order valence-electron chi connectivity index (χ0n) is 16.4. The molecule has 27 heavy (non-hydrogen) atoms. The molecule has 2 amide bonds. The number of sulfonamides is 1. The van der Waals surface area contributed by atoms with Crippen LogP contribution in [0.2, 0.25) is 0 Å². The quantitative estimate of drug-likeness (QED) is 0.755. The van der Waals surface area contributed by atoms with Gasteiger partial charge in [0, 0.05) is 32.0 Å². The fraction of sp³-hybridized carbons (Fsp3) is 0.444. The number of anilines is 1. The molecule has 0 aliphatic carbocycles. The third-order valence-corrected chi connectivity index (χ3v) is 6.61. The highest BCUT2D eigenvalue weighted by atomic mass is 32.2. The number of carbonyl (C=O) groups excluding carboxylic acids is 1. The molecule has 0 unspecified atom stereocenters. The van der Waals surface area contributed by atoms with E-state index < -0.39 is 16.1 Å². The average molecular weight is 394 g/mol. The van der Waals surface area contributed by atoms with Crippen molar-refractivity contribution in [2.45, 2.75) is 39.1 Å². The smallest absolute Gasteiger partial charge is 0.319 e. The van der Waals surface area contributed by atoms with Gasteiger partial charge in [0.25, 0.3) is 0 Å². The Morgan fingerprint density at radius 2 is 1.89 bits per heavy atom. The molecule has 0 saturated heterocycles. The minimum absolute atomic E-state index is 0.177. The molecular weight excluding hydrogens is 366 g/mol. The number of hydrogen-bond acceptors (Lipinski definition) is 4. The van der Waals surface area contributed by atoms with Gasteiger partial charge in [0.1, 0.15) is 0 Å². The molecule has 9 heteroatoms. The summed E-state index contributed by atoms with van der Waals surface area (Å²) in [5.74, 6) is 0. The van der Waals surface area contributed by atoms with Crippen molar-refractivity contribution in [2.24, 2.45) is 7.05 Å². The van der Waals surface area contributed by atoms with Crippen LogP contribution in [0.1, 0.15) is 30.7 Å². The van der Waals surface area contributed by atoms with Crippen molar-refractivity contribution in [2.75, 3.05) is 18.4 Å². The van der Waals surface area contributed by atoms with Crippen molar-refractivity contribution < 1.29 is 13.2 Å². The van der Waals surface area contributed by atoms with Gasteiger partial charge in [-0.15, -0.1) is 0 Å². The van der Waals surface area contributed by atoms with Crippen LogP contribution in [-0.4, -0.2) is 41.4 Å². The molecule has 2 aromatic rings. The van der Waals surface area contributed by atoms with Gasteiger partial charge in [-0.2, -0.15) is 4.31 Å². The first-order valence-electron chi connectivity index (χ1n) is 8.82. The van der Waals surface area contributed by atoms with E-state index in [-0.39, 0.29) is 4.90 Å². The monoisotopic (exact) mass is 393 g/mol. The molecule has 2 N–H and O–H groups in total. The Bertz CT molecular complexity index is 917. The number of rotatable bonds is 7. The van der Waals surface area contributed by atoms with Gasteiger partial charge in [0.05, 0.1) is 23.5 Å². The van der Waals surface area contributed by atoms with Crippen molar-refractivity contribution >= 4 is 21.7 Å². The molecule has 1 aromatic heterocycles. The average Bonchev–Trinajstić information content (AvgIpc) is 3.02. The number of imidazole rings is 1. The predicted molar refractivity (Wildman–Crippen MR) is 105 cm³/mol. The number of hydrogen-bond donors (Lipinski definition) is 2. The molecule has 1 aromatic carbocycles. The summed E-state index contributed by atoms with van der Waals surface area (Å²) in [6.07, 6.45) is 3.33. The third-order valence-electron chi connectivity index (χ3n) is 4.58. The highest BCUT2D eigenvalue weighted by Crippen LogP contribution is 2.26. The molecule has 8 nitrogen and oxygen atoms in total. The summed E-state index contributed by atoms with van der Waals surface area (Å²) in [5.41, 5.74) is 2.95. The van der Waals surface area contributed by atoms with Crippen LogP contribution in [0.3, 0.4) is 0 Å². The lowest BCUT2D eigenvalue weighted by molar-refractivity contribution is 0.251. The highest BCUT2D eigenvalue weighted by Gasteiger charge is 2.23. The predicted octanol–water partition coefficient (Wildman–Crippen LogP) is 2.39. The van der Waals surface area contributed by atoms with Crippen LogP contribution in [0.4, 0.5) is 10.5 Å².